The quantitative estimate of drug-likeness (QED) is 0.626. The van der Waals surface area contributed by atoms with Crippen LogP contribution in [-0.2, 0) is 6.54 Å². The summed E-state index contributed by atoms with van der Waals surface area (Å²) in [7, 11) is 0. The Morgan fingerprint density at radius 2 is 1.84 bits per heavy atom. The number of aldehydes is 1. The molecule has 1 unspecified atom stereocenters. The standard InChI is InChI=1S/C15H16NO3/c17-11-13-4-6-15(7-5-13)19-12-14(18)10-16-8-2-1-3-9-16/h1-9,11,14,18H,10,12H2/q+1. The number of nitrogens with zero attached hydrogens (tertiary/aromatic N) is 1. The van der Waals surface area contributed by atoms with Crippen molar-refractivity contribution in [2.45, 2.75) is 12.6 Å². The Morgan fingerprint density at radius 1 is 1.16 bits per heavy atom. The highest BCUT2D eigenvalue weighted by atomic mass is 16.5. The van der Waals surface area contributed by atoms with Crippen LogP contribution in [0.1, 0.15) is 10.4 Å². The Kier molecular flexibility index (Phi) is 4.64. The Hall–Kier alpha value is -2.20. The van der Waals surface area contributed by atoms with Crippen molar-refractivity contribution < 1.29 is 19.2 Å². The molecule has 0 amide bonds. The number of rotatable bonds is 6. The summed E-state index contributed by atoms with van der Waals surface area (Å²) >= 11 is 0. The van der Waals surface area contributed by atoms with E-state index in [-0.39, 0.29) is 6.61 Å². The lowest BCUT2D eigenvalue weighted by Gasteiger charge is -2.09. The molecule has 0 aliphatic carbocycles. The molecule has 1 aromatic carbocycles. The summed E-state index contributed by atoms with van der Waals surface area (Å²) in [6.45, 7) is 0.690. The highest BCUT2D eigenvalue weighted by Crippen LogP contribution is 2.11. The number of aliphatic hydroxyl groups excluding tert-OH is 1. The third-order valence-corrected chi connectivity index (χ3v) is 2.66. The zero-order valence-corrected chi connectivity index (χ0v) is 10.5. The van der Waals surface area contributed by atoms with Crippen LogP contribution in [-0.4, -0.2) is 24.1 Å². The first kappa shape index (κ1) is 13.2. The number of hydrogen-bond acceptors (Lipinski definition) is 3. The molecule has 0 saturated heterocycles. The summed E-state index contributed by atoms with van der Waals surface area (Å²) in [4.78, 5) is 10.5. The van der Waals surface area contributed by atoms with Crippen LogP contribution < -0.4 is 9.30 Å². The summed E-state index contributed by atoms with van der Waals surface area (Å²) in [6, 6.07) is 12.5. The molecule has 1 atom stereocenters. The first-order valence-corrected chi connectivity index (χ1v) is 6.08. The number of pyridine rings is 1. The molecule has 0 spiro atoms. The summed E-state index contributed by atoms with van der Waals surface area (Å²) in [5, 5.41) is 9.86. The molecule has 19 heavy (non-hydrogen) atoms. The molecular formula is C15H16NO3+. The van der Waals surface area contributed by atoms with Gasteiger partial charge in [0.1, 0.15) is 24.7 Å². The highest BCUT2D eigenvalue weighted by molar-refractivity contribution is 5.74. The van der Waals surface area contributed by atoms with Gasteiger partial charge in [0.2, 0.25) is 0 Å². The van der Waals surface area contributed by atoms with Crippen molar-refractivity contribution in [3.8, 4) is 5.75 Å². The van der Waals surface area contributed by atoms with Crippen molar-refractivity contribution in [1.82, 2.24) is 0 Å². The van der Waals surface area contributed by atoms with Crippen LogP contribution >= 0.6 is 0 Å². The van der Waals surface area contributed by atoms with E-state index in [4.69, 9.17) is 4.74 Å². The zero-order valence-electron chi connectivity index (χ0n) is 10.5. The Bertz CT molecular complexity index is 511. The van der Waals surface area contributed by atoms with Crippen molar-refractivity contribution in [3.05, 3.63) is 60.4 Å². The second-order valence-electron chi connectivity index (χ2n) is 4.22. The van der Waals surface area contributed by atoms with Crippen LogP contribution in [0.3, 0.4) is 0 Å². The monoisotopic (exact) mass is 258 g/mol. The fourth-order valence-electron chi connectivity index (χ4n) is 1.69. The maximum absolute atomic E-state index is 10.5. The lowest BCUT2D eigenvalue weighted by Crippen LogP contribution is -2.41. The number of aliphatic hydroxyl groups is 1. The normalized spacial score (nSPS) is 11.8. The van der Waals surface area contributed by atoms with E-state index in [0.717, 1.165) is 6.29 Å². The molecule has 0 radical (unpaired) electrons. The molecular weight excluding hydrogens is 242 g/mol. The van der Waals surface area contributed by atoms with E-state index in [1.807, 2.05) is 35.2 Å². The summed E-state index contributed by atoms with van der Waals surface area (Å²) < 4.78 is 7.35. The second kappa shape index (κ2) is 6.66. The van der Waals surface area contributed by atoms with E-state index < -0.39 is 6.10 Å². The number of carbonyl (C=O) groups is 1. The fourth-order valence-corrected chi connectivity index (χ4v) is 1.69. The molecule has 4 nitrogen and oxygen atoms in total. The molecule has 0 saturated carbocycles. The minimum Gasteiger partial charge on any atom is -0.491 e. The summed E-state index contributed by atoms with van der Waals surface area (Å²) in [6.07, 6.45) is 3.98. The molecule has 0 fully saturated rings. The van der Waals surface area contributed by atoms with E-state index >= 15 is 0 Å². The van der Waals surface area contributed by atoms with Gasteiger partial charge < -0.3 is 9.84 Å². The van der Waals surface area contributed by atoms with Gasteiger partial charge >= 0.3 is 0 Å². The molecule has 98 valence electrons. The molecule has 1 N–H and O–H groups in total. The van der Waals surface area contributed by atoms with Crippen molar-refractivity contribution in [1.29, 1.82) is 0 Å². The topological polar surface area (TPSA) is 50.4 Å². The van der Waals surface area contributed by atoms with Gasteiger partial charge in [-0.25, -0.2) is 4.57 Å². The minimum atomic E-state index is -0.585. The molecule has 0 bridgehead atoms. The van der Waals surface area contributed by atoms with Crippen LogP contribution in [0.25, 0.3) is 0 Å². The number of benzene rings is 1. The van der Waals surface area contributed by atoms with Gasteiger partial charge in [-0.3, -0.25) is 4.79 Å². The van der Waals surface area contributed by atoms with Crippen LogP contribution in [0.4, 0.5) is 0 Å². The third-order valence-electron chi connectivity index (χ3n) is 2.66. The Morgan fingerprint density at radius 3 is 2.47 bits per heavy atom. The van der Waals surface area contributed by atoms with Crippen molar-refractivity contribution >= 4 is 6.29 Å². The number of ether oxygens (including phenoxy) is 1. The van der Waals surface area contributed by atoms with Gasteiger partial charge in [-0.05, 0) is 24.3 Å². The average molecular weight is 258 g/mol. The van der Waals surface area contributed by atoms with Gasteiger partial charge in [-0.2, -0.15) is 0 Å². The van der Waals surface area contributed by atoms with Gasteiger partial charge in [-0.1, -0.05) is 6.07 Å². The molecule has 0 aliphatic heterocycles. The lowest BCUT2D eigenvalue weighted by molar-refractivity contribution is -0.703. The van der Waals surface area contributed by atoms with E-state index in [1.165, 1.54) is 0 Å². The van der Waals surface area contributed by atoms with E-state index in [2.05, 4.69) is 0 Å². The highest BCUT2D eigenvalue weighted by Gasteiger charge is 2.11. The maximum atomic E-state index is 10.5. The summed E-state index contributed by atoms with van der Waals surface area (Å²) in [5.41, 5.74) is 0.604. The first-order valence-electron chi connectivity index (χ1n) is 6.08. The number of aromatic nitrogens is 1. The predicted molar refractivity (Wildman–Crippen MR) is 70.0 cm³/mol. The van der Waals surface area contributed by atoms with Gasteiger partial charge in [0, 0.05) is 17.7 Å². The minimum absolute atomic E-state index is 0.211. The molecule has 2 rings (SSSR count). The van der Waals surface area contributed by atoms with Gasteiger partial charge in [-0.15, -0.1) is 0 Å². The first-order chi connectivity index (χ1) is 9.28. The van der Waals surface area contributed by atoms with Crippen LogP contribution in [0.15, 0.2) is 54.9 Å². The van der Waals surface area contributed by atoms with E-state index in [1.54, 1.807) is 24.3 Å². The van der Waals surface area contributed by atoms with Crippen molar-refractivity contribution in [3.63, 3.8) is 0 Å². The molecule has 4 heteroatoms. The number of carbonyl (C=O) groups excluding carboxylic acids is 1. The Balaban J connectivity index is 1.82. The average Bonchev–Trinajstić information content (AvgIpc) is 2.47. The molecule has 1 heterocycles. The summed E-state index contributed by atoms with van der Waals surface area (Å²) in [5.74, 6) is 0.641. The SMILES string of the molecule is O=Cc1ccc(OCC(O)C[n+]2ccccc2)cc1. The van der Waals surface area contributed by atoms with Crippen LogP contribution in [0.2, 0.25) is 0 Å². The van der Waals surface area contributed by atoms with Gasteiger partial charge in [0.15, 0.2) is 18.9 Å². The maximum Gasteiger partial charge on any atom is 0.177 e. The molecule has 1 aromatic heterocycles. The van der Waals surface area contributed by atoms with Gasteiger partial charge in [0.25, 0.3) is 0 Å². The lowest BCUT2D eigenvalue weighted by atomic mass is 10.2. The van der Waals surface area contributed by atoms with Crippen molar-refractivity contribution in [2.24, 2.45) is 0 Å². The van der Waals surface area contributed by atoms with E-state index in [9.17, 15) is 9.90 Å². The second-order valence-corrected chi connectivity index (χ2v) is 4.22. The molecule has 0 aliphatic rings. The van der Waals surface area contributed by atoms with Crippen molar-refractivity contribution in [2.75, 3.05) is 6.61 Å². The largest absolute Gasteiger partial charge is 0.491 e. The van der Waals surface area contributed by atoms with Crippen LogP contribution in [0, 0.1) is 0 Å². The van der Waals surface area contributed by atoms with Gasteiger partial charge in [0.05, 0.1) is 0 Å². The Labute approximate surface area is 111 Å². The fraction of sp³-hybridized carbons (Fsp3) is 0.200. The van der Waals surface area contributed by atoms with E-state index in [0.29, 0.717) is 17.9 Å². The zero-order chi connectivity index (χ0) is 13.5. The number of hydrogen-bond donors (Lipinski definition) is 1. The van der Waals surface area contributed by atoms with Crippen LogP contribution in [0.5, 0.6) is 5.75 Å². The smallest absolute Gasteiger partial charge is 0.177 e. The predicted octanol–water partition coefficient (Wildman–Crippen LogP) is 1.23. The third kappa shape index (κ3) is 4.19. The molecule has 2 aromatic rings.